The molecule has 72 heavy (non-hydrogen) atoms. The number of carbonyl (C=O) groups is 8. The van der Waals surface area contributed by atoms with Gasteiger partial charge in [-0.05, 0) is 82.1 Å². The Bertz CT molecular complexity index is 1660. The lowest BCUT2D eigenvalue weighted by Gasteiger charge is -2.15. The van der Waals surface area contributed by atoms with Crippen LogP contribution in [0.4, 0.5) is 5.69 Å². The van der Waals surface area contributed by atoms with Gasteiger partial charge in [0.05, 0.1) is 26.4 Å². The van der Waals surface area contributed by atoms with Crippen molar-refractivity contribution in [1.82, 2.24) is 16.0 Å². The van der Waals surface area contributed by atoms with Gasteiger partial charge in [0.1, 0.15) is 31.1 Å². The van der Waals surface area contributed by atoms with Crippen molar-refractivity contribution in [3.63, 3.8) is 0 Å². The van der Waals surface area contributed by atoms with Crippen molar-refractivity contribution in [2.75, 3.05) is 71.3 Å². The number of ketones is 2. The van der Waals surface area contributed by atoms with Crippen LogP contribution in [-0.2, 0) is 52.5 Å². The summed E-state index contributed by atoms with van der Waals surface area (Å²) in [6.07, 6.45) is 19.5. The van der Waals surface area contributed by atoms with Crippen LogP contribution in [0.25, 0.3) is 0 Å². The largest absolute Gasteiger partial charge is 0.481 e. The van der Waals surface area contributed by atoms with Gasteiger partial charge in [-0.2, -0.15) is 0 Å². The quantitative estimate of drug-likeness (QED) is 0.0330. The molecule has 0 aliphatic heterocycles. The van der Waals surface area contributed by atoms with Crippen molar-refractivity contribution in [3.05, 3.63) is 29.8 Å². The highest BCUT2D eigenvalue weighted by Gasteiger charge is 2.21. The Hall–Kier alpha value is -4.98. The molecule has 0 spiro atoms. The smallest absolute Gasteiger partial charge is 0.326 e. The fourth-order valence-electron chi connectivity index (χ4n) is 7.55. The van der Waals surface area contributed by atoms with E-state index in [1.807, 2.05) is 12.1 Å². The van der Waals surface area contributed by atoms with Crippen molar-refractivity contribution in [1.29, 1.82) is 0 Å². The second kappa shape index (κ2) is 44.7. The van der Waals surface area contributed by atoms with E-state index in [0.717, 1.165) is 57.2 Å². The number of unbranched alkanes of at least 4 members (excludes halogenated alkanes) is 14. The van der Waals surface area contributed by atoms with Crippen LogP contribution < -0.4 is 27.0 Å². The molecule has 0 aromatic heterocycles. The van der Waals surface area contributed by atoms with Gasteiger partial charge in [0.2, 0.25) is 17.7 Å². The van der Waals surface area contributed by atoms with Gasteiger partial charge >= 0.3 is 11.9 Å². The maximum Gasteiger partial charge on any atom is 0.326 e. The lowest BCUT2D eigenvalue weighted by molar-refractivity contribution is -0.142. The standard InChI is InChI=1S/C53H89N5O14/c1-2-32-55-43-28-26-42(27-29-43)52(66)56-33-18-17-23-46(51(54)65)57-49(62)41-72-39-37-70-35-20-22-45(60)40-71-38-36-69-34-19-21-44(59)30-31-47(53(67)68)58-48(61)24-15-13-11-9-7-5-3-4-6-8-10-12-14-16-25-50(63)64/h26-29,46-47,55H,2-25,30-41H2,1H3,(H2,54,65)(H,56,66)(H,57,62)(H,58,61)(H,63,64)(H,67,68)/t46-,47-/m0/s1. The van der Waals surface area contributed by atoms with Gasteiger partial charge in [-0.3, -0.25) is 33.6 Å². The van der Waals surface area contributed by atoms with Crippen LogP contribution in [0, 0.1) is 0 Å². The SMILES string of the molecule is CCCNc1ccc(C(=O)NCCCC[C@H](NC(=O)COCCOCCCC(=O)COCCOCCCC(=O)CC[C@H](NC(=O)CCCCCCCCCCCCCCCCC(=O)O)C(=O)O)C(N)=O)cc1. The van der Waals surface area contributed by atoms with Gasteiger partial charge in [-0.15, -0.1) is 0 Å². The zero-order chi connectivity index (χ0) is 52.9. The molecule has 0 aliphatic rings. The number of nitrogens with two attached hydrogens (primary N) is 1. The first-order chi connectivity index (χ1) is 34.8. The number of primary amides is 1. The van der Waals surface area contributed by atoms with Crippen LogP contribution in [0.5, 0.6) is 0 Å². The Balaban J connectivity index is 1.97. The number of aliphatic carboxylic acids is 2. The first kappa shape index (κ1) is 65.0. The average molecular weight is 1020 g/mol. The van der Waals surface area contributed by atoms with Gasteiger partial charge in [0.25, 0.3) is 5.91 Å². The molecule has 0 aliphatic carbocycles. The van der Waals surface area contributed by atoms with Gasteiger partial charge in [-0.1, -0.05) is 84.0 Å². The number of carboxylic acid groups (broad SMARTS) is 2. The summed E-state index contributed by atoms with van der Waals surface area (Å²) >= 11 is 0. The molecule has 0 bridgehead atoms. The highest BCUT2D eigenvalue weighted by Crippen LogP contribution is 2.15. The third-order valence-electron chi connectivity index (χ3n) is 11.7. The van der Waals surface area contributed by atoms with Crippen LogP contribution in [-0.4, -0.2) is 135 Å². The number of Topliss-reactive ketones (excluding diaryl/α,β-unsaturated/α-hetero) is 2. The number of hydrogen-bond donors (Lipinski definition) is 7. The highest BCUT2D eigenvalue weighted by atomic mass is 16.5. The molecule has 410 valence electrons. The van der Waals surface area contributed by atoms with Gasteiger partial charge in [0.15, 0.2) is 5.78 Å². The topological polar surface area (TPSA) is 288 Å². The molecule has 0 saturated heterocycles. The van der Waals surface area contributed by atoms with Crippen LogP contribution >= 0.6 is 0 Å². The lowest BCUT2D eigenvalue weighted by atomic mass is 10.0. The van der Waals surface area contributed by atoms with Crippen molar-refractivity contribution in [2.45, 2.75) is 186 Å². The van der Waals surface area contributed by atoms with E-state index in [4.69, 9.17) is 29.8 Å². The number of anilines is 1. The second-order valence-electron chi connectivity index (χ2n) is 18.2. The third kappa shape index (κ3) is 38.7. The summed E-state index contributed by atoms with van der Waals surface area (Å²) in [6.45, 7) is 4.40. The van der Waals surface area contributed by atoms with Crippen LogP contribution in [0.2, 0.25) is 0 Å². The molecule has 0 heterocycles. The summed E-state index contributed by atoms with van der Waals surface area (Å²) in [6, 6.07) is 5.26. The Labute approximate surface area is 427 Å². The normalized spacial score (nSPS) is 11.9. The molecule has 8 N–H and O–H groups in total. The van der Waals surface area contributed by atoms with E-state index in [9.17, 15) is 43.5 Å². The first-order valence-corrected chi connectivity index (χ1v) is 26.6. The van der Waals surface area contributed by atoms with Crippen molar-refractivity contribution in [2.24, 2.45) is 5.73 Å². The number of carboxylic acids is 2. The number of hydrogen-bond acceptors (Lipinski definition) is 13. The molecule has 1 aromatic rings. The fraction of sp³-hybridized carbons (Fsp3) is 0.736. The van der Waals surface area contributed by atoms with E-state index < -0.39 is 35.8 Å². The zero-order valence-corrected chi connectivity index (χ0v) is 43.3. The molecule has 0 unspecified atom stereocenters. The third-order valence-corrected chi connectivity index (χ3v) is 11.7. The molecule has 1 rings (SSSR count). The predicted molar refractivity (Wildman–Crippen MR) is 275 cm³/mol. The Morgan fingerprint density at radius 1 is 0.500 bits per heavy atom. The first-order valence-electron chi connectivity index (χ1n) is 26.6. The second-order valence-corrected chi connectivity index (χ2v) is 18.2. The number of amides is 4. The molecule has 4 amide bonds. The summed E-state index contributed by atoms with van der Waals surface area (Å²) in [7, 11) is 0. The Morgan fingerprint density at radius 3 is 1.56 bits per heavy atom. The van der Waals surface area contributed by atoms with E-state index in [0.29, 0.717) is 63.8 Å². The molecular formula is C53H89N5O14. The maximum absolute atomic E-state index is 12.4. The number of ether oxygens (including phenoxy) is 4. The highest BCUT2D eigenvalue weighted by molar-refractivity contribution is 5.94. The lowest BCUT2D eigenvalue weighted by Crippen LogP contribution is -2.45. The van der Waals surface area contributed by atoms with Gasteiger partial charge in [-0.25, -0.2) is 4.79 Å². The molecule has 19 heteroatoms. The summed E-state index contributed by atoms with van der Waals surface area (Å²) in [5.41, 5.74) is 6.98. The van der Waals surface area contributed by atoms with E-state index in [2.05, 4.69) is 28.2 Å². The summed E-state index contributed by atoms with van der Waals surface area (Å²) < 4.78 is 21.7. The zero-order valence-electron chi connectivity index (χ0n) is 43.3. The van der Waals surface area contributed by atoms with Crippen LogP contribution in [0.1, 0.15) is 184 Å². The van der Waals surface area contributed by atoms with Gasteiger partial charge in [0, 0.05) is 69.7 Å². The van der Waals surface area contributed by atoms with E-state index in [1.165, 1.54) is 44.9 Å². The molecule has 19 nitrogen and oxygen atoms in total. The van der Waals surface area contributed by atoms with Crippen molar-refractivity contribution < 1.29 is 67.5 Å². The molecule has 0 fully saturated rings. The minimum atomic E-state index is -1.16. The van der Waals surface area contributed by atoms with E-state index in [1.54, 1.807) is 12.1 Å². The number of rotatable bonds is 51. The minimum absolute atomic E-state index is 0.0277. The summed E-state index contributed by atoms with van der Waals surface area (Å²) in [5, 5.41) is 29.5. The average Bonchev–Trinajstić information content (AvgIpc) is 3.35. The van der Waals surface area contributed by atoms with E-state index in [-0.39, 0.29) is 102 Å². The van der Waals surface area contributed by atoms with E-state index >= 15 is 0 Å². The van der Waals surface area contributed by atoms with Crippen molar-refractivity contribution >= 4 is 52.8 Å². The number of carbonyl (C=O) groups excluding carboxylic acids is 6. The number of nitrogens with one attached hydrogen (secondary N) is 4. The van der Waals surface area contributed by atoms with Gasteiger partial charge < -0.3 is 56.2 Å². The fourth-order valence-corrected chi connectivity index (χ4v) is 7.55. The predicted octanol–water partition coefficient (Wildman–Crippen LogP) is 6.82. The van der Waals surface area contributed by atoms with Crippen LogP contribution in [0.15, 0.2) is 24.3 Å². The molecule has 0 radical (unpaired) electrons. The molecule has 2 atom stereocenters. The Kier molecular flexibility index (Phi) is 40.4. The molecule has 0 saturated carbocycles. The minimum Gasteiger partial charge on any atom is -0.481 e. The molecule has 1 aromatic carbocycles. The van der Waals surface area contributed by atoms with Crippen LogP contribution in [0.3, 0.4) is 0 Å². The number of benzene rings is 1. The summed E-state index contributed by atoms with van der Waals surface area (Å²) in [5.74, 6) is -3.73. The molecular weight excluding hydrogens is 931 g/mol. The Morgan fingerprint density at radius 2 is 1.01 bits per heavy atom. The maximum atomic E-state index is 12.4. The monoisotopic (exact) mass is 1020 g/mol. The van der Waals surface area contributed by atoms with Crippen molar-refractivity contribution in [3.8, 4) is 0 Å². The summed E-state index contributed by atoms with van der Waals surface area (Å²) in [4.78, 5) is 95.7.